The van der Waals surface area contributed by atoms with Gasteiger partial charge in [0.2, 0.25) is 0 Å². The molecule has 0 bridgehead atoms. The van der Waals surface area contributed by atoms with Crippen LogP contribution in [0.15, 0.2) is 12.1 Å². The molecule has 1 amide bonds. The molecule has 92 valence electrons. The fourth-order valence-corrected chi connectivity index (χ4v) is 2.71. The van der Waals surface area contributed by atoms with Gasteiger partial charge < -0.3 is 10.3 Å². The second-order valence-electron chi connectivity index (χ2n) is 3.87. The molecule has 0 aliphatic carbocycles. The molecular formula is C10H15N5OS. The highest BCUT2D eigenvalue weighted by Gasteiger charge is 2.25. The minimum atomic E-state index is -0.0612. The van der Waals surface area contributed by atoms with Gasteiger partial charge in [-0.05, 0) is 19.1 Å². The largest absolute Gasteiger partial charge is 0.333 e. The smallest absolute Gasteiger partial charge is 0.274 e. The molecule has 0 saturated carbocycles. The molecule has 0 radical (unpaired) electrons. The summed E-state index contributed by atoms with van der Waals surface area (Å²) in [6.07, 6.45) is 0. The maximum Gasteiger partial charge on any atom is 0.274 e. The monoisotopic (exact) mass is 253 g/mol. The Kier molecular flexibility index (Phi) is 3.80. The number of nitrogens with one attached hydrogen (secondary N) is 1. The Balaban J connectivity index is 2.12. The quantitative estimate of drug-likeness (QED) is 0.584. The SMILES string of the molecule is CC1CSCCN1C(=O)c1ccc(NN)nn1. The highest BCUT2D eigenvalue weighted by atomic mass is 32.2. The molecule has 1 aliphatic heterocycles. The van der Waals surface area contributed by atoms with Gasteiger partial charge in [-0.2, -0.15) is 11.8 Å². The number of hydrogen-bond acceptors (Lipinski definition) is 6. The zero-order chi connectivity index (χ0) is 12.3. The van der Waals surface area contributed by atoms with Crippen molar-refractivity contribution in [3.63, 3.8) is 0 Å². The van der Waals surface area contributed by atoms with E-state index in [1.165, 1.54) is 0 Å². The van der Waals surface area contributed by atoms with Crippen molar-refractivity contribution < 1.29 is 4.79 Å². The molecule has 17 heavy (non-hydrogen) atoms. The van der Waals surface area contributed by atoms with Crippen molar-refractivity contribution in [1.82, 2.24) is 15.1 Å². The van der Waals surface area contributed by atoms with E-state index >= 15 is 0 Å². The van der Waals surface area contributed by atoms with Crippen LogP contribution in [-0.2, 0) is 0 Å². The minimum Gasteiger partial charge on any atom is -0.333 e. The number of aromatic nitrogens is 2. The first-order valence-electron chi connectivity index (χ1n) is 5.41. The number of carbonyl (C=O) groups excluding carboxylic acids is 1. The first-order chi connectivity index (χ1) is 8.22. The number of rotatable bonds is 2. The van der Waals surface area contributed by atoms with Crippen LogP contribution in [0.5, 0.6) is 0 Å². The maximum atomic E-state index is 12.2. The van der Waals surface area contributed by atoms with Crippen LogP contribution in [0, 0.1) is 0 Å². The third kappa shape index (κ3) is 2.67. The van der Waals surface area contributed by atoms with Crippen LogP contribution in [-0.4, -0.2) is 45.1 Å². The van der Waals surface area contributed by atoms with Gasteiger partial charge in [0.1, 0.15) is 0 Å². The lowest BCUT2D eigenvalue weighted by Crippen LogP contribution is -2.44. The number of anilines is 1. The Bertz CT molecular complexity index is 396. The molecule has 7 heteroatoms. The predicted molar refractivity (Wildman–Crippen MR) is 67.7 cm³/mol. The van der Waals surface area contributed by atoms with Crippen molar-refractivity contribution >= 4 is 23.5 Å². The molecule has 1 atom stereocenters. The normalized spacial score (nSPS) is 20.1. The molecular weight excluding hydrogens is 238 g/mol. The van der Waals surface area contributed by atoms with E-state index in [1.807, 2.05) is 23.6 Å². The van der Waals surface area contributed by atoms with E-state index in [9.17, 15) is 4.79 Å². The van der Waals surface area contributed by atoms with Gasteiger partial charge >= 0.3 is 0 Å². The average molecular weight is 253 g/mol. The molecule has 1 saturated heterocycles. The van der Waals surface area contributed by atoms with Gasteiger partial charge in [0.05, 0.1) is 0 Å². The van der Waals surface area contributed by atoms with Gasteiger partial charge in [0.15, 0.2) is 11.5 Å². The van der Waals surface area contributed by atoms with Gasteiger partial charge in [-0.3, -0.25) is 4.79 Å². The molecule has 1 aromatic rings. The highest BCUT2D eigenvalue weighted by molar-refractivity contribution is 7.99. The Morgan fingerprint density at radius 3 is 3.00 bits per heavy atom. The summed E-state index contributed by atoms with van der Waals surface area (Å²) in [5.41, 5.74) is 2.74. The van der Waals surface area contributed by atoms with Crippen molar-refractivity contribution in [2.45, 2.75) is 13.0 Å². The highest BCUT2D eigenvalue weighted by Crippen LogP contribution is 2.18. The summed E-state index contributed by atoms with van der Waals surface area (Å²) in [6.45, 7) is 2.82. The zero-order valence-electron chi connectivity index (χ0n) is 9.59. The number of hydrazine groups is 1. The van der Waals surface area contributed by atoms with E-state index in [4.69, 9.17) is 5.84 Å². The third-order valence-corrected chi connectivity index (χ3v) is 3.85. The summed E-state index contributed by atoms with van der Waals surface area (Å²) >= 11 is 1.87. The minimum absolute atomic E-state index is 0.0612. The Morgan fingerprint density at radius 2 is 2.41 bits per heavy atom. The fourth-order valence-electron chi connectivity index (χ4n) is 1.70. The molecule has 1 unspecified atom stereocenters. The number of nitrogen functional groups attached to an aromatic ring is 1. The summed E-state index contributed by atoms with van der Waals surface area (Å²) in [7, 11) is 0. The number of nitrogens with two attached hydrogens (primary N) is 1. The number of carbonyl (C=O) groups is 1. The number of nitrogens with zero attached hydrogens (tertiary/aromatic N) is 3. The standard InChI is InChI=1S/C10H15N5OS/c1-7-6-17-5-4-15(7)10(16)8-2-3-9(12-11)14-13-8/h2-3,7H,4-6,11H2,1H3,(H,12,14). The second kappa shape index (κ2) is 5.33. The van der Waals surface area contributed by atoms with Crippen molar-refractivity contribution in [2.75, 3.05) is 23.5 Å². The second-order valence-corrected chi connectivity index (χ2v) is 5.02. The average Bonchev–Trinajstić information content (AvgIpc) is 2.39. The molecule has 2 rings (SSSR count). The Labute approximate surface area is 104 Å². The molecule has 1 aromatic heterocycles. The van der Waals surface area contributed by atoms with Crippen LogP contribution in [0.2, 0.25) is 0 Å². The van der Waals surface area contributed by atoms with Crippen LogP contribution in [0.3, 0.4) is 0 Å². The van der Waals surface area contributed by atoms with Crippen molar-refractivity contribution in [1.29, 1.82) is 0 Å². The Morgan fingerprint density at radius 1 is 1.59 bits per heavy atom. The van der Waals surface area contributed by atoms with Crippen molar-refractivity contribution in [2.24, 2.45) is 5.84 Å². The summed E-state index contributed by atoms with van der Waals surface area (Å²) in [5, 5.41) is 7.67. The Hall–Kier alpha value is -1.34. The van der Waals surface area contributed by atoms with Crippen molar-refractivity contribution in [3.8, 4) is 0 Å². The summed E-state index contributed by atoms with van der Waals surface area (Å²) in [5.74, 6) is 7.53. The maximum absolute atomic E-state index is 12.2. The van der Waals surface area contributed by atoms with E-state index in [2.05, 4.69) is 15.6 Å². The molecule has 2 heterocycles. The molecule has 1 aliphatic rings. The van der Waals surface area contributed by atoms with Gasteiger partial charge in [-0.25, -0.2) is 5.84 Å². The van der Waals surface area contributed by atoms with E-state index in [-0.39, 0.29) is 11.9 Å². The first-order valence-corrected chi connectivity index (χ1v) is 6.57. The van der Waals surface area contributed by atoms with Gasteiger partial charge in [0, 0.05) is 24.1 Å². The zero-order valence-corrected chi connectivity index (χ0v) is 10.4. The van der Waals surface area contributed by atoms with Crippen LogP contribution in [0.4, 0.5) is 5.82 Å². The topological polar surface area (TPSA) is 84.1 Å². The van der Waals surface area contributed by atoms with E-state index in [0.717, 1.165) is 18.1 Å². The molecule has 0 aromatic carbocycles. The molecule has 6 nitrogen and oxygen atoms in total. The van der Waals surface area contributed by atoms with E-state index in [0.29, 0.717) is 11.5 Å². The van der Waals surface area contributed by atoms with E-state index < -0.39 is 0 Å². The first kappa shape index (κ1) is 12.1. The lowest BCUT2D eigenvalue weighted by Gasteiger charge is -2.32. The van der Waals surface area contributed by atoms with E-state index in [1.54, 1.807) is 12.1 Å². The fraction of sp³-hybridized carbons (Fsp3) is 0.500. The van der Waals surface area contributed by atoms with Crippen molar-refractivity contribution in [3.05, 3.63) is 17.8 Å². The van der Waals surface area contributed by atoms with Crippen LogP contribution < -0.4 is 11.3 Å². The lowest BCUT2D eigenvalue weighted by atomic mass is 10.2. The van der Waals surface area contributed by atoms with Gasteiger partial charge in [-0.15, -0.1) is 10.2 Å². The lowest BCUT2D eigenvalue weighted by molar-refractivity contribution is 0.0709. The molecule has 1 fully saturated rings. The number of thioether (sulfide) groups is 1. The summed E-state index contributed by atoms with van der Waals surface area (Å²) in [6, 6.07) is 3.53. The van der Waals surface area contributed by atoms with Crippen LogP contribution in [0.1, 0.15) is 17.4 Å². The molecule has 0 spiro atoms. The summed E-state index contributed by atoms with van der Waals surface area (Å²) in [4.78, 5) is 14.0. The predicted octanol–water partition coefficient (Wildman–Crippen LogP) is 0.340. The summed E-state index contributed by atoms with van der Waals surface area (Å²) < 4.78 is 0. The number of amides is 1. The van der Waals surface area contributed by atoms with Crippen LogP contribution in [0.25, 0.3) is 0 Å². The third-order valence-electron chi connectivity index (χ3n) is 2.66. The molecule has 3 N–H and O–H groups in total. The van der Waals surface area contributed by atoms with Crippen LogP contribution >= 0.6 is 11.8 Å². The van der Waals surface area contributed by atoms with Gasteiger partial charge in [-0.1, -0.05) is 0 Å². The number of hydrogen-bond donors (Lipinski definition) is 2. The van der Waals surface area contributed by atoms with Gasteiger partial charge in [0.25, 0.3) is 5.91 Å².